The van der Waals surface area contributed by atoms with Crippen LogP contribution in [0.25, 0.3) is 0 Å². The molecule has 0 saturated carbocycles. The zero-order chi connectivity index (χ0) is 17.8. The minimum atomic E-state index is 0.867. The van der Waals surface area contributed by atoms with E-state index in [0.717, 1.165) is 18.8 Å². The summed E-state index contributed by atoms with van der Waals surface area (Å²) in [6.45, 7) is 4.27. The van der Waals surface area contributed by atoms with Gasteiger partial charge in [-0.2, -0.15) is 0 Å². The second kappa shape index (κ2) is 18.0. The SMILES string of the molecule is CCCCCCCCCCCCCCCCCCNCc1ccco1. The third-order valence-corrected chi connectivity index (χ3v) is 5.09. The molecule has 0 unspecified atom stereocenters. The van der Waals surface area contributed by atoms with Gasteiger partial charge in [0.05, 0.1) is 12.8 Å². The molecule has 0 radical (unpaired) electrons. The highest BCUT2D eigenvalue weighted by Gasteiger charge is 1.96. The summed E-state index contributed by atoms with van der Waals surface area (Å²) in [4.78, 5) is 0. The summed E-state index contributed by atoms with van der Waals surface area (Å²) in [5, 5.41) is 3.44. The molecule has 1 rings (SSSR count). The Bertz CT molecular complexity index is 347. The third-order valence-electron chi connectivity index (χ3n) is 5.09. The summed E-state index contributed by atoms with van der Waals surface area (Å²) in [7, 11) is 0. The molecule has 1 N–H and O–H groups in total. The number of unbranched alkanes of at least 4 members (excludes halogenated alkanes) is 15. The van der Waals surface area contributed by atoms with Crippen LogP contribution in [0.5, 0.6) is 0 Å². The molecule has 2 heteroatoms. The van der Waals surface area contributed by atoms with Gasteiger partial charge in [0, 0.05) is 0 Å². The summed E-state index contributed by atoms with van der Waals surface area (Å²) >= 11 is 0. The van der Waals surface area contributed by atoms with Gasteiger partial charge in [-0.1, -0.05) is 103 Å². The fraction of sp³-hybridized carbons (Fsp3) is 0.826. The number of furan rings is 1. The summed E-state index contributed by atoms with van der Waals surface area (Å²) in [5.74, 6) is 1.04. The van der Waals surface area contributed by atoms with Crippen molar-refractivity contribution in [2.45, 2.75) is 116 Å². The van der Waals surface area contributed by atoms with Crippen molar-refractivity contribution in [1.29, 1.82) is 0 Å². The van der Waals surface area contributed by atoms with E-state index in [2.05, 4.69) is 12.2 Å². The molecule has 0 saturated heterocycles. The van der Waals surface area contributed by atoms with Crippen LogP contribution >= 0.6 is 0 Å². The summed E-state index contributed by atoms with van der Waals surface area (Å²) in [6, 6.07) is 3.98. The van der Waals surface area contributed by atoms with Crippen molar-refractivity contribution in [3.63, 3.8) is 0 Å². The number of rotatable bonds is 19. The minimum absolute atomic E-state index is 0.867. The van der Waals surface area contributed by atoms with Crippen molar-refractivity contribution in [2.24, 2.45) is 0 Å². The lowest BCUT2D eigenvalue weighted by atomic mass is 10.0. The van der Waals surface area contributed by atoms with E-state index in [4.69, 9.17) is 4.42 Å². The van der Waals surface area contributed by atoms with E-state index in [0.29, 0.717) is 0 Å². The van der Waals surface area contributed by atoms with Gasteiger partial charge >= 0.3 is 0 Å². The van der Waals surface area contributed by atoms with Gasteiger partial charge in [-0.05, 0) is 25.1 Å². The Labute approximate surface area is 157 Å². The van der Waals surface area contributed by atoms with Crippen molar-refractivity contribution >= 4 is 0 Å². The van der Waals surface area contributed by atoms with Crippen LogP contribution in [-0.2, 0) is 6.54 Å². The van der Waals surface area contributed by atoms with Gasteiger partial charge in [-0.25, -0.2) is 0 Å². The van der Waals surface area contributed by atoms with E-state index in [9.17, 15) is 0 Å². The van der Waals surface area contributed by atoms with Gasteiger partial charge < -0.3 is 9.73 Å². The van der Waals surface area contributed by atoms with Crippen molar-refractivity contribution in [3.8, 4) is 0 Å². The third kappa shape index (κ3) is 15.2. The van der Waals surface area contributed by atoms with E-state index in [-0.39, 0.29) is 0 Å². The Morgan fingerprint density at radius 1 is 0.680 bits per heavy atom. The van der Waals surface area contributed by atoms with Crippen LogP contribution < -0.4 is 5.32 Å². The van der Waals surface area contributed by atoms with Crippen LogP contribution in [0, 0.1) is 0 Å². The van der Waals surface area contributed by atoms with Gasteiger partial charge in [0.25, 0.3) is 0 Å². The molecule has 0 bridgehead atoms. The molecule has 1 aromatic rings. The number of hydrogen-bond acceptors (Lipinski definition) is 2. The van der Waals surface area contributed by atoms with Crippen LogP contribution in [0.4, 0.5) is 0 Å². The molecule has 1 heterocycles. The number of nitrogens with one attached hydrogen (secondary N) is 1. The molecule has 0 aliphatic rings. The van der Waals surface area contributed by atoms with Crippen LogP contribution in [-0.4, -0.2) is 6.54 Å². The van der Waals surface area contributed by atoms with E-state index in [1.165, 1.54) is 103 Å². The molecule has 25 heavy (non-hydrogen) atoms. The lowest BCUT2D eigenvalue weighted by molar-refractivity contribution is 0.475. The molecule has 0 atom stereocenters. The summed E-state index contributed by atoms with van der Waals surface area (Å²) in [6.07, 6.45) is 24.6. The normalized spacial score (nSPS) is 11.2. The molecular weight excluding hydrogens is 306 g/mol. The van der Waals surface area contributed by atoms with E-state index in [1.54, 1.807) is 6.26 Å². The minimum Gasteiger partial charge on any atom is -0.468 e. The van der Waals surface area contributed by atoms with Crippen LogP contribution in [0.15, 0.2) is 22.8 Å². The molecule has 146 valence electrons. The standard InChI is InChI=1S/C23H43NO/c1-2-3-4-5-6-7-8-9-10-11-12-13-14-15-16-17-20-24-22-23-19-18-21-25-23/h18-19,21,24H,2-17,20,22H2,1H3. The van der Waals surface area contributed by atoms with Gasteiger partial charge in [-0.15, -0.1) is 0 Å². The van der Waals surface area contributed by atoms with Crippen molar-refractivity contribution in [2.75, 3.05) is 6.54 Å². The van der Waals surface area contributed by atoms with Gasteiger partial charge in [0.1, 0.15) is 5.76 Å². The highest BCUT2D eigenvalue weighted by molar-refractivity contribution is 4.97. The average Bonchev–Trinajstić information content (AvgIpc) is 3.14. The molecule has 0 aliphatic heterocycles. The van der Waals surface area contributed by atoms with Crippen molar-refractivity contribution in [1.82, 2.24) is 5.32 Å². The van der Waals surface area contributed by atoms with Crippen LogP contribution in [0.1, 0.15) is 115 Å². The summed E-state index contributed by atoms with van der Waals surface area (Å²) in [5.41, 5.74) is 0. The molecule has 2 nitrogen and oxygen atoms in total. The zero-order valence-corrected chi connectivity index (χ0v) is 16.9. The first-order valence-electron chi connectivity index (χ1n) is 11.2. The lowest BCUT2D eigenvalue weighted by Crippen LogP contribution is -2.14. The largest absolute Gasteiger partial charge is 0.468 e. The van der Waals surface area contributed by atoms with Crippen molar-refractivity contribution < 1.29 is 4.42 Å². The molecular formula is C23H43NO. The second-order valence-corrected chi connectivity index (χ2v) is 7.56. The quantitative estimate of drug-likeness (QED) is 0.260. The molecule has 0 aliphatic carbocycles. The predicted octanol–water partition coefficient (Wildman–Crippen LogP) is 7.63. The lowest BCUT2D eigenvalue weighted by Gasteiger charge is -2.04. The predicted molar refractivity (Wildman–Crippen MR) is 110 cm³/mol. The Morgan fingerprint density at radius 3 is 1.60 bits per heavy atom. The Kier molecular flexibility index (Phi) is 16.1. The highest BCUT2D eigenvalue weighted by Crippen LogP contribution is 2.13. The monoisotopic (exact) mass is 349 g/mol. The number of hydrogen-bond donors (Lipinski definition) is 1. The topological polar surface area (TPSA) is 25.2 Å². The highest BCUT2D eigenvalue weighted by atomic mass is 16.3. The molecule has 0 amide bonds. The zero-order valence-electron chi connectivity index (χ0n) is 16.9. The first-order valence-corrected chi connectivity index (χ1v) is 11.2. The van der Waals surface area contributed by atoms with Crippen LogP contribution in [0.3, 0.4) is 0 Å². The summed E-state index contributed by atoms with van der Waals surface area (Å²) < 4.78 is 5.30. The van der Waals surface area contributed by atoms with Gasteiger partial charge in [-0.3, -0.25) is 0 Å². The Hall–Kier alpha value is -0.760. The fourth-order valence-corrected chi connectivity index (χ4v) is 3.42. The Morgan fingerprint density at radius 2 is 1.16 bits per heavy atom. The van der Waals surface area contributed by atoms with Gasteiger partial charge in [0.2, 0.25) is 0 Å². The second-order valence-electron chi connectivity index (χ2n) is 7.56. The maximum absolute atomic E-state index is 5.30. The van der Waals surface area contributed by atoms with E-state index < -0.39 is 0 Å². The first-order chi connectivity index (χ1) is 12.4. The molecule has 1 aromatic heterocycles. The molecule has 0 aromatic carbocycles. The van der Waals surface area contributed by atoms with E-state index >= 15 is 0 Å². The van der Waals surface area contributed by atoms with E-state index in [1.807, 2.05) is 12.1 Å². The molecule has 0 spiro atoms. The molecule has 0 fully saturated rings. The smallest absolute Gasteiger partial charge is 0.117 e. The van der Waals surface area contributed by atoms with Crippen LogP contribution in [0.2, 0.25) is 0 Å². The fourth-order valence-electron chi connectivity index (χ4n) is 3.42. The maximum Gasteiger partial charge on any atom is 0.117 e. The van der Waals surface area contributed by atoms with Gasteiger partial charge in [0.15, 0.2) is 0 Å². The Balaban J connectivity index is 1.65. The first kappa shape index (κ1) is 22.3. The average molecular weight is 350 g/mol. The maximum atomic E-state index is 5.30. The van der Waals surface area contributed by atoms with Crippen molar-refractivity contribution in [3.05, 3.63) is 24.2 Å².